The van der Waals surface area contributed by atoms with Crippen LogP contribution in [0.5, 0.6) is 11.5 Å². The van der Waals surface area contributed by atoms with Gasteiger partial charge in [-0.15, -0.1) is 0 Å². The molecule has 4 nitrogen and oxygen atoms in total. The van der Waals surface area contributed by atoms with Gasteiger partial charge in [0.2, 0.25) is 0 Å². The molecule has 0 unspecified atom stereocenters. The zero-order valence-corrected chi connectivity index (χ0v) is 26.5. The second kappa shape index (κ2) is 9.47. The van der Waals surface area contributed by atoms with E-state index in [0.29, 0.717) is 0 Å². The Labute approximate surface area is 223 Å². The molecule has 0 atom stereocenters. The van der Waals surface area contributed by atoms with Crippen molar-refractivity contribution in [1.29, 1.82) is 0 Å². The summed E-state index contributed by atoms with van der Waals surface area (Å²) in [5.41, 5.74) is 5.78. The Morgan fingerprint density at radius 1 is 0.912 bits per heavy atom. The monoisotopic (exact) mass is 652 g/mol. The molecule has 10 heteroatoms. The van der Waals surface area contributed by atoms with Crippen molar-refractivity contribution in [3.8, 4) is 11.5 Å². The molecule has 2 aromatic carbocycles. The topological polar surface area (TPSA) is 27.8 Å². The molecule has 2 aromatic rings. The Hall–Kier alpha value is 0.157. The van der Waals surface area contributed by atoms with Crippen LogP contribution in [0.3, 0.4) is 0 Å². The molecular formula is C24H28As2N3OS4+. The maximum absolute atomic E-state index is 6.87. The number of ether oxygens (including phenoxy) is 1. The third kappa shape index (κ3) is 3.84. The molecule has 0 spiro atoms. The van der Waals surface area contributed by atoms with Gasteiger partial charge in [-0.3, -0.25) is 0 Å². The minimum absolute atomic E-state index is 1.01. The van der Waals surface area contributed by atoms with Gasteiger partial charge in [-0.2, -0.15) is 0 Å². The number of nitrogens with zero attached hydrogens (tertiary/aromatic N) is 3. The standard InChI is InChI=1S/C24H28As2N3OS4/c1-28-7-3-5-15-17(28)13-19-23(21(15)25-31-9-10-32-25)27-24-20(30-19)14-18-16(6-4-8-29(18)2)22(24)26-33-11-12-34-26/h13-14H,3-12H2,1-2H3/q+1. The van der Waals surface area contributed by atoms with Crippen LogP contribution in [0.2, 0.25) is 0 Å². The van der Waals surface area contributed by atoms with Crippen molar-refractivity contribution in [1.82, 2.24) is 4.58 Å². The van der Waals surface area contributed by atoms with E-state index in [2.05, 4.69) is 75.8 Å². The summed E-state index contributed by atoms with van der Waals surface area (Å²) in [6, 6.07) is 4.64. The van der Waals surface area contributed by atoms with E-state index in [1.165, 1.54) is 70.8 Å². The SMILES string of the molecule is CN1CCCc2c1cc1c(c2[As]2SCCS2)N=c2c(cc3c(c2[As]2SCCS2)CCC[N+]=3C)O1. The average Bonchev–Trinajstić information content (AvgIpc) is 3.56. The van der Waals surface area contributed by atoms with Gasteiger partial charge in [0.05, 0.1) is 0 Å². The normalized spacial score (nSPS) is 22.1. The van der Waals surface area contributed by atoms with Gasteiger partial charge in [0.15, 0.2) is 0 Å². The van der Waals surface area contributed by atoms with Crippen molar-refractivity contribution in [3.63, 3.8) is 0 Å². The predicted octanol–water partition coefficient (Wildman–Crippen LogP) is 2.54. The molecule has 0 aromatic heterocycles. The van der Waals surface area contributed by atoms with Crippen molar-refractivity contribution in [2.75, 3.05) is 55.1 Å². The Balaban J connectivity index is 1.53. The first kappa shape index (κ1) is 23.3. The number of hydrogen-bond acceptors (Lipinski definition) is 7. The molecule has 0 radical (unpaired) electrons. The van der Waals surface area contributed by atoms with Crippen LogP contribution < -0.4 is 33.6 Å². The number of anilines is 1. The molecule has 0 bridgehead atoms. The van der Waals surface area contributed by atoms with Crippen LogP contribution in [0.25, 0.3) is 0 Å². The van der Waals surface area contributed by atoms with E-state index in [1.807, 2.05) is 0 Å². The molecule has 2 fully saturated rings. The fraction of sp³-hybridized carbons (Fsp3) is 0.500. The van der Waals surface area contributed by atoms with Crippen LogP contribution in [0, 0.1) is 0 Å². The van der Waals surface area contributed by atoms with E-state index in [-0.39, 0.29) is 0 Å². The molecule has 34 heavy (non-hydrogen) atoms. The van der Waals surface area contributed by atoms with Gasteiger partial charge in [-0.1, -0.05) is 0 Å². The Morgan fingerprint density at radius 2 is 1.62 bits per heavy atom. The summed E-state index contributed by atoms with van der Waals surface area (Å²) < 4.78 is 12.5. The van der Waals surface area contributed by atoms with E-state index >= 15 is 0 Å². The van der Waals surface area contributed by atoms with Crippen LogP contribution in [0.4, 0.5) is 11.4 Å². The number of fused-ring (bicyclic) bond motifs is 4. The molecule has 5 aliphatic rings. The summed E-state index contributed by atoms with van der Waals surface area (Å²) in [5, 5.41) is 2.60. The van der Waals surface area contributed by atoms with E-state index in [1.54, 1.807) is 19.8 Å². The molecule has 0 N–H and O–H groups in total. The van der Waals surface area contributed by atoms with Crippen LogP contribution in [-0.2, 0) is 12.8 Å². The molecule has 0 amide bonds. The first-order valence-corrected chi connectivity index (χ1v) is 26.9. The molecule has 7 rings (SSSR count). The van der Waals surface area contributed by atoms with E-state index < -0.39 is 24.7 Å². The van der Waals surface area contributed by atoms with Crippen molar-refractivity contribution in [3.05, 3.63) is 34.0 Å². The van der Waals surface area contributed by atoms with Crippen LogP contribution >= 0.6 is 40.1 Å². The molecular weight excluding hydrogens is 624 g/mol. The van der Waals surface area contributed by atoms with Gasteiger partial charge >= 0.3 is 225 Å². The van der Waals surface area contributed by atoms with Gasteiger partial charge in [0.1, 0.15) is 0 Å². The summed E-state index contributed by atoms with van der Waals surface area (Å²) >= 11 is -2.49. The fourth-order valence-corrected chi connectivity index (χ4v) is 36.4. The van der Waals surface area contributed by atoms with Crippen LogP contribution in [0.1, 0.15) is 24.0 Å². The van der Waals surface area contributed by atoms with Crippen LogP contribution in [0.15, 0.2) is 17.1 Å². The molecule has 178 valence electrons. The number of benzene rings is 2. The second-order valence-corrected chi connectivity index (χ2v) is 32.4. The summed E-state index contributed by atoms with van der Waals surface area (Å²) in [5.74, 6) is 7.20. The van der Waals surface area contributed by atoms with Crippen molar-refractivity contribution in [2.24, 2.45) is 4.99 Å². The Bertz CT molecular complexity index is 1310. The first-order chi connectivity index (χ1) is 16.7. The third-order valence-electron chi connectivity index (χ3n) is 7.11. The van der Waals surface area contributed by atoms with E-state index in [0.717, 1.165) is 24.6 Å². The Kier molecular flexibility index (Phi) is 6.49. The van der Waals surface area contributed by atoms with Gasteiger partial charge in [-0.05, 0) is 0 Å². The molecule has 2 saturated heterocycles. The van der Waals surface area contributed by atoms with E-state index in [9.17, 15) is 0 Å². The van der Waals surface area contributed by atoms with Gasteiger partial charge < -0.3 is 0 Å². The molecule has 5 heterocycles. The zero-order valence-electron chi connectivity index (χ0n) is 19.5. The van der Waals surface area contributed by atoms with Crippen molar-refractivity contribution < 1.29 is 4.74 Å². The maximum atomic E-state index is 6.87. The third-order valence-corrected chi connectivity index (χ3v) is 34.5. The summed E-state index contributed by atoms with van der Waals surface area (Å²) in [7, 11) is 13.5. The van der Waals surface area contributed by atoms with E-state index in [4.69, 9.17) is 9.73 Å². The van der Waals surface area contributed by atoms with Gasteiger partial charge in [0.25, 0.3) is 0 Å². The molecule has 0 aliphatic carbocycles. The second-order valence-electron chi connectivity index (χ2n) is 9.25. The summed E-state index contributed by atoms with van der Waals surface area (Å²) in [4.78, 5) is 8.07. The first-order valence-electron chi connectivity index (χ1n) is 12.0. The molecule has 5 aliphatic heterocycles. The van der Waals surface area contributed by atoms with Crippen molar-refractivity contribution >= 4 is 84.9 Å². The fourth-order valence-electron chi connectivity index (χ4n) is 5.53. The number of hydrogen-bond donors (Lipinski definition) is 0. The average molecular weight is 653 g/mol. The van der Waals surface area contributed by atoms with Gasteiger partial charge in [-0.25, -0.2) is 0 Å². The predicted molar refractivity (Wildman–Crippen MR) is 156 cm³/mol. The Morgan fingerprint density at radius 3 is 2.38 bits per heavy atom. The van der Waals surface area contributed by atoms with Gasteiger partial charge in [0, 0.05) is 0 Å². The van der Waals surface area contributed by atoms with Crippen LogP contribution in [-0.4, -0.2) is 74.9 Å². The van der Waals surface area contributed by atoms with Crippen molar-refractivity contribution in [2.45, 2.75) is 25.7 Å². The number of rotatable bonds is 2. The quantitative estimate of drug-likeness (QED) is 0.313. The summed E-state index contributed by atoms with van der Waals surface area (Å²) in [6.45, 7) is 2.27. The minimum atomic E-state index is -1.24. The summed E-state index contributed by atoms with van der Waals surface area (Å²) in [6.07, 6.45) is 4.89. The molecule has 0 saturated carbocycles. The zero-order chi connectivity index (χ0) is 22.8.